The molecule has 1 fully saturated rings. The lowest BCUT2D eigenvalue weighted by Gasteiger charge is -2.32. The lowest BCUT2D eigenvalue weighted by atomic mass is 9.94. The quantitative estimate of drug-likeness (QED) is 0.664. The molecule has 0 unspecified atom stereocenters. The molecule has 0 aliphatic carbocycles. The van der Waals surface area contributed by atoms with Gasteiger partial charge in [0.25, 0.3) is 0 Å². The number of nitrogens with one attached hydrogen (secondary N) is 1. The molecule has 1 aliphatic heterocycles. The van der Waals surface area contributed by atoms with E-state index in [9.17, 15) is 5.11 Å². The van der Waals surface area contributed by atoms with Gasteiger partial charge in [-0.25, -0.2) is 0 Å². The maximum Gasteiger partial charge on any atom is 0.0968 e. The molecular weight excluding hydrogens is 350 g/mol. The Hall–Kier alpha value is -2.47. The third-order valence-corrected chi connectivity index (χ3v) is 5.27. The fourth-order valence-corrected chi connectivity index (χ4v) is 3.64. The molecule has 0 amide bonds. The molecule has 28 heavy (non-hydrogen) atoms. The van der Waals surface area contributed by atoms with Crippen molar-refractivity contribution in [2.45, 2.75) is 31.5 Å². The van der Waals surface area contributed by atoms with Crippen LogP contribution < -0.4 is 5.32 Å². The van der Waals surface area contributed by atoms with Crippen molar-refractivity contribution in [2.75, 3.05) is 19.8 Å². The summed E-state index contributed by atoms with van der Waals surface area (Å²) < 4.78 is 7.36. The standard InChI is InChI=1S/C23H27N3O2/c27-23(11-13-28-14-12-23)18-24-15-21-17-26(16-19-7-3-1-4-8-19)25-22(21)20-9-5-2-6-10-20/h1-10,17,24,27H,11-16,18H2. The fraction of sp³-hybridized carbons (Fsp3) is 0.348. The van der Waals surface area contributed by atoms with Gasteiger partial charge in [-0.15, -0.1) is 0 Å². The number of ether oxygens (including phenoxy) is 1. The summed E-state index contributed by atoms with van der Waals surface area (Å²) in [5.41, 5.74) is 3.78. The molecule has 4 rings (SSSR count). The second-order valence-corrected chi connectivity index (χ2v) is 7.49. The summed E-state index contributed by atoms with van der Waals surface area (Å²) in [7, 11) is 0. The van der Waals surface area contributed by atoms with Crippen molar-refractivity contribution >= 4 is 0 Å². The molecule has 0 radical (unpaired) electrons. The van der Waals surface area contributed by atoms with Crippen LogP contribution in [0.25, 0.3) is 11.3 Å². The van der Waals surface area contributed by atoms with Crippen LogP contribution in [0.3, 0.4) is 0 Å². The van der Waals surface area contributed by atoms with E-state index in [1.165, 1.54) is 5.56 Å². The van der Waals surface area contributed by atoms with E-state index in [0.717, 1.165) is 23.4 Å². The third kappa shape index (κ3) is 4.68. The Kier molecular flexibility index (Phi) is 5.86. The predicted octanol–water partition coefficient (Wildman–Crippen LogP) is 3.23. The smallest absolute Gasteiger partial charge is 0.0968 e. The van der Waals surface area contributed by atoms with E-state index >= 15 is 0 Å². The maximum absolute atomic E-state index is 10.7. The van der Waals surface area contributed by atoms with Crippen LogP contribution in [0, 0.1) is 0 Å². The van der Waals surface area contributed by atoms with Gasteiger partial charge in [0.2, 0.25) is 0 Å². The number of aliphatic hydroxyl groups is 1. The lowest BCUT2D eigenvalue weighted by molar-refractivity contribution is -0.0616. The Morgan fingerprint density at radius 2 is 1.68 bits per heavy atom. The zero-order valence-electron chi connectivity index (χ0n) is 16.1. The second-order valence-electron chi connectivity index (χ2n) is 7.49. The van der Waals surface area contributed by atoms with Crippen molar-refractivity contribution in [1.82, 2.24) is 15.1 Å². The van der Waals surface area contributed by atoms with Gasteiger partial charge in [-0.2, -0.15) is 5.10 Å². The van der Waals surface area contributed by atoms with Crippen molar-refractivity contribution in [3.63, 3.8) is 0 Å². The van der Waals surface area contributed by atoms with E-state index in [4.69, 9.17) is 9.84 Å². The van der Waals surface area contributed by atoms with Crippen molar-refractivity contribution in [2.24, 2.45) is 0 Å². The van der Waals surface area contributed by atoms with E-state index < -0.39 is 5.60 Å². The van der Waals surface area contributed by atoms with Crippen LogP contribution >= 0.6 is 0 Å². The Bertz CT molecular complexity index is 871. The highest BCUT2D eigenvalue weighted by Gasteiger charge is 2.29. The Morgan fingerprint density at radius 1 is 1.00 bits per heavy atom. The van der Waals surface area contributed by atoms with Crippen LogP contribution in [0.1, 0.15) is 24.0 Å². The van der Waals surface area contributed by atoms with Crippen molar-refractivity contribution < 1.29 is 9.84 Å². The van der Waals surface area contributed by atoms with Crippen LogP contribution in [0.2, 0.25) is 0 Å². The highest BCUT2D eigenvalue weighted by Crippen LogP contribution is 2.23. The van der Waals surface area contributed by atoms with Gasteiger partial charge in [0.05, 0.1) is 17.8 Å². The number of hydrogen-bond donors (Lipinski definition) is 2. The first-order chi connectivity index (χ1) is 13.7. The minimum absolute atomic E-state index is 0.564. The molecule has 1 saturated heterocycles. The van der Waals surface area contributed by atoms with Gasteiger partial charge in [-0.1, -0.05) is 60.7 Å². The van der Waals surface area contributed by atoms with Gasteiger partial charge in [0.1, 0.15) is 0 Å². The zero-order chi connectivity index (χ0) is 19.2. The highest BCUT2D eigenvalue weighted by molar-refractivity contribution is 5.62. The number of hydrogen-bond acceptors (Lipinski definition) is 4. The van der Waals surface area contributed by atoms with Gasteiger partial charge in [0.15, 0.2) is 0 Å². The zero-order valence-corrected chi connectivity index (χ0v) is 16.1. The molecule has 5 heteroatoms. The van der Waals surface area contributed by atoms with Crippen molar-refractivity contribution in [3.05, 3.63) is 78.0 Å². The third-order valence-electron chi connectivity index (χ3n) is 5.27. The summed E-state index contributed by atoms with van der Waals surface area (Å²) in [6.45, 7) is 3.23. The SMILES string of the molecule is OC1(CNCc2cn(Cc3ccccc3)nc2-c2ccccc2)CCOCC1. The first-order valence-electron chi connectivity index (χ1n) is 9.88. The molecule has 3 aromatic rings. The maximum atomic E-state index is 10.7. The second kappa shape index (κ2) is 8.69. The molecule has 1 aromatic heterocycles. The number of rotatable bonds is 7. The minimum atomic E-state index is -0.675. The summed E-state index contributed by atoms with van der Waals surface area (Å²) in [6.07, 6.45) is 3.47. The van der Waals surface area contributed by atoms with Gasteiger partial charge < -0.3 is 15.2 Å². The fourth-order valence-electron chi connectivity index (χ4n) is 3.64. The Morgan fingerprint density at radius 3 is 2.39 bits per heavy atom. The summed E-state index contributed by atoms with van der Waals surface area (Å²) >= 11 is 0. The summed E-state index contributed by atoms with van der Waals surface area (Å²) in [6, 6.07) is 20.6. The van der Waals surface area contributed by atoms with Crippen LogP contribution in [-0.4, -0.2) is 40.2 Å². The van der Waals surface area contributed by atoms with E-state index in [0.29, 0.717) is 39.1 Å². The first kappa shape index (κ1) is 18.9. The molecule has 0 spiro atoms. The van der Waals surface area contributed by atoms with Gasteiger partial charge in [0, 0.05) is 56.5 Å². The molecule has 2 aromatic carbocycles. The lowest BCUT2D eigenvalue weighted by Crippen LogP contribution is -2.44. The predicted molar refractivity (Wildman–Crippen MR) is 110 cm³/mol. The van der Waals surface area contributed by atoms with Crippen LogP contribution in [-0.2, 0) is 17.8 Å². The highest BCUT2D eigenvalue weighted by atomic mass is 16.5. The topological polar surface area (TPSA) is 59.3 Å². The van der Waals surface area contributed by atoms with Crippen LogP contribution in [0.4, 0.5) is 0 Å². The summed E-state index contributed by atoms with van der Waals surface area (Å²) in [5, 5.41) is 19.0. The Labute approximate surface area is 166 Å². The van der Waals surface area contributed by atoms with Gasteiger partial charge in [-0.3, -0.25) is 4.68 Å². The van der Waals surface area contributed by atoms with Crippen molar-refractivity contribution in [1.29, 1.82) is 0 Å². The molecule has 2 heterocycles. The normalized spacial score (nSPS) is 16.2. The molecule has 0 bridgehead atoms. The summed E-state index contributed by atoms with van der Waals surface area (Å²) in [5.74, 6) is 0. The molecule has 0 atom stereocenters. The number of aromatic nitrogens is 2. The molecule has 146 valence electrons. The van der Waals surface area contributed by atoms with E-state index in [-0.39, 0.29) is 0 Å². The van der Waals surface area contributed by atoms with E-state index in [2.05, 4.69) is 35.8 Å². The number of nitrogens with zero attached hydrogens (tertiary/aromatic N) is 2. The molecule has 1 aliphatic rings. The first-order valence-corrected chi connectivity index (χ1v) is 9.88. The minimum Gasteiger partial charge on any atom is -0.388 e. The average Bonchev–Trinajstić information content (AvgIpc) is 3.12. The van der Waals surface area contributed by atoms with Crippen LogP contribution in [0.5, 0.6) is 0 Å². The van der Waals surface area contributed by atoms with Crippen LogP contribution in [0.15, 0.2) is 66.9 Å². The molecular formula is C23H27N3O2. The summed E-state index contributed by atoms with van der Waals surface area (Å²) in [4.78, 5) is 0. The van der Waals surface area contributed by atoms with E-state index in [1.54, 1.807) is 0 Å². The molecule has 2 N–H and O–H groups in total. The van der Waals surface area contributed by atoms with Crippen molar-refractivity contribution in [3.8, 4) is 11.3 Å². The van der Waals surface area contributed by atoms with Gasteiger partial charge >= 0.3 is 0 Å². The van der Waals surface area contributed by atoms with Gasteiger partial charge in [-0.05, 0) is 5.56 Å². The van der Waals surface area contributed by atoms with E-state index in [1.807, 2.05) is 41.1 Å². The molecule has 0 saturated carbocycles. The Balaban J connectivity index is 1.51. The monoisotopic (exact) mass is 377 g/mol. The number of benzene rings is 2. The average molecular weight is 377 g/mol. The largest absolute Gasteiger partial charge is 0.388 e. The molecule has 5 nitrogen and oxygen atoms in total.